The average molecular weight is 439 g/mol. The van der Waals surface area contributed by atoms with Gasteiger partial charge < -0.3 is 19.2 Å². The summed E-state index contributed by atoms with van der Waals surface area (Å²) in [6.45, 7) is 0.214. The number of nitrogens with zero attached hydrogens (tertiary/aromatic N) is 3. The van der Waals surface area contributed by atoms with Crippen LogP contribution in [0.25, 0.3) is 11.6 Å². The van der Waals surface area contributed by atoms with Crippen molar-refractivity contribution >= 4 is 23.5 Å². The van der Waals surface area contributed by atoms with E-state index in [4.69, 9.17) is 25.5 Å². The monoisotopic (exact) mass is 438 g/mol. The Morgan fingerprint density at radius 2 is 1.84 bits per heavy atom. The molecule has 0 amide bonds. The number of nitrogens with one attached hydrogen (secondary N) is 1. The van der Waals surface area contributed by atoms with Gasteiger partial charge in [0.05, 0.1) is 13.4 Å². The third-order valence-corrected chi connectivity index (χ3v) is 4.62. The minimum Gasteiger partial charge on any atom is -0.497 e. The molecule has 2 heterocycles. The molecule has 0 radical (unpaired) electrons. The van der Waals surface area contributed by atoms with Gasteiger partial charge in [-0.05, 0) is 54.1 Å². The third kappa shape index (κ3) is 5.04. The summed E-state index contributed by atoms with van der Waals surface area (Å²) in [5, 5.41) is 8.03. The molecular formula is C22H19ClN4O4. The highest BCUT2D eigenvalue weighted by Gasteiger charge is 2.19. The molecule has 4 aromatic rings. The summed E-state index contributed by atoms with van der Waals surface area (Å²) in [5.74, 6) is 1.93. The van der Waals surface area contributed by atoms with E-state index in [2.05, 4.69) is 15.4 Å². The number of benzene rings is 2. The lowest BCUT2D eigenvalue weighted by Gasteiger charge is -2.09. The molecule has 158 valence electrons. The predicted molar refractivity (Wildman–Crippen MR) is 116 cm³/mol. The van der Waals surface area contributed by atoms with Crippen LogP contribution < -0.4 is 14.8 Å². The van der Waals surface area contributed by atoms with Crippen LogP contribution in [0, 0.1) is 0 Å². The maximum Gasteiger partial charge on any atom is 0.287 e. The molecule has 2 aromatic heterocycles. The zero-order chi connectivity index (χ0) is 21.6. The maximum absolute atomic E-state index is 12.8. The number of methoxy groups -OCH3 is 1. The quantitative estimate of drug-likeness (QED) is 0.432. The van der Waals surface area contributed by atoms with Crippen LogP contribution in [0.2, 0.25) is 5.02 Å². The molecule has 0 saturated carbocycles. The van der Waals surface area contributed by atoms with Gasteiger partial charge in [0.15, 0.2) is 12.4 Å². The van der Waals surface area contributed by atoms with E-state index in [9.17, 15) is 4.79 Å². The second-order valence-corrected chi connectivity index (χ2v) is 6.92. The number of furan rings is 1. The number of anilines is 1. The Bertz CT molecular complexity index is 1140. The molecule has 31 heavy (non-hydrogen) atoms. The van der Waals surface area contributed by atoms with Crippen LogP contribution in [0.5, 0.6) is 11.5 Å². The first-order valence-corrected chi connectivity index (χ1v) is 9.79. The zero-order valence-electron chi connectivity index (χ0n) is 16.6. The minimum absolute atomic E-state index is 0.222. The molecule has 1 N–H and O–H groups in total. The fourth-order valence-electron chi connectivity index (χ4n) is 2.77. The van der Waals surface area contributed by atoms with Crippen molar-refractivity contribution in [3.05, 3.63) is 77.5 Å². The Hall–Kier alpha value is -3.78. The summed E-state index contributed by atoms with van der Waals surface area (Å²) in [4.78, 5) is 17.2. The fraction of sp³-hybridized carbons (Fsp3) is 0.136. The molecule has 0 fully saturated rings. The van der Waals surface area contributed by atoms with Crippen LogP contribution in [0.4, 0.5) is 5.95 Å². The molecule has 0 spiro atoms. The molecule has 0 saturated heterocycles. The van der Waals surface area contributed by atoms with Crippen LogP contribution in [-0.2, 0) is 6.54 Å². The van der Waals surface area contributed by atoms with Crippen molar-refractivity contribution in [3.8, 4) is 23.1 Å². The second kappa shape index (κ2) is 9.36. The molecular weight excluding hydrogens is 420 g/mol. The Morgan fingerprint density at radius 3 is 2.52 bits per heavy atom. The summed E-state index contributed by atoms with van der Waals surface area (Å²) in [5.41, 5.74) is 0.986. The maximum atomic E-state index is 12.8. The zero-order valence-corrected chi connectivity index (χ0v) is 17.4. The topological polar surface area (TPSA) is 91.4 Å². The molecule has 4 rings (SSSR count). The van der Waals surface area contributed by atoms with E-state index in [1.54, 1.807) is 43.5 Å². The molecule has 0 atom stereocenters. The van der Waals surface area contributed by atoms with E-state index >= 15 is 0 Å². The number of carbonyl (C=O) groups is 1. The van der Waals surface area contributed by atoms with Crippen molar-refractivity contribution in [1.29, 1.82) is 0 Å². The van der Waals surface area contributed by atoms with Gasteiger partial charge in [-0.1, -0.05) is 23.7 Å². The van der Waals surface area contributed by atoms with Crippen molar-refractivity contribution in [2.75, 3.05) is 19.0 Å². The summed E-state index contributed by atoms with van der Waals surface area (Å²) in [7, 11) is 1.61. The highest BCUT2D eigenvalue weighted by atomic mass is 35.5. The van der Waals surface area contributed by atoms with E-state index in [1.807, 2.05) is 24.3 Å². The molecule has 0 aliphatic heterocycles. The summed E-state index contributed by atoms with van der Waals surface area (Å²) in [6, 6.07) is 17.8. The van der Waals surface area contributed by atoms with Crippen molar-refractivity contribution in [1.82, 2.24) is 14.8 Å². The largest absolute Gasteiger partial charge is 0.497 e. The number of hydrogen-bond acceptors (Lipinski definition) is 7. The number of hydrogen-bond donors (Lipinski definition) is 1. The molecule has 8 nitrogen and oxygen atoms in total. The molecule has 2 aromatic carbocycles. The second-order valence-electron chi connectivity index (χ2n) is 6.49. The normalized spacial score (nSPS) is 10.6. The van der Waals surface area contributed by atoms with E-state index in [0.717, 1.165) is 11.3 Å². The van der Waals surface area contributed by atoms with E-state index in [-0.39, 0.29) is 12.6 Å². The molecule has 9 heteroatoms. The first-order valence-electron chi connectivity index (χ1n) is 9.41. The van der Waals surface area contributed by atoms with Gasteiger partial charge in [0.2, 0.25) is 11.8 Å². The highest BCUT2D eigenvalue weighted by molar-refractivity contribution is 6.30. The predicted octanol–water partition coefficient (Wildman–Crippen LogP) is 4.53. The van der Waals surface area contributed by atoms with Crippen LogP contribution in [-0.4, -0.2) is 34.4 Å². The minimum atomic E-state index is -0.391. The van der Waals surface area contributed by atoms with Crippen molar-refractivity contribution in [2.24, 2.45) is 0 Å². The standard InChI is InChI=1S/C22H19ClN4O4/c1-29-17-8-4-15(5-9-17)13-24-22-25-21(19-3-2-12-30-19)26-27(22)20(28)14-31-18-10-6-16(23)7-11-18/h2-12H,13-14H2,1H3,(H,24,25,26). The van der Waals surface area contributed by atoms with E-state index < -0.39 is 5.91 Å². The number of halogens is 1. The van der Waals surface area contributed by atoms with Gasteiger partial charge in [0.25, 0.3) is 5.91 Å². The first kappa shape index (κ1) is 20.5. The smallest absolute Gasteiger partial charge is 0.287 e. The molecule has 0 bridgehead atoms. The van der Waals surface area contributed by atoms with E-state index in [1.165, 1.54) is 10.9 Å². The average Bonchev–Trinajstić information content (AvgIpc) is 3.47. The van der Waals surface area contributed by atoms with Gasteiger partial charge in [-0.2, -0.15) is 9.67 Å². The van der Waals surface area contributed by atoms with Gasteiger partial charge >= 0.3 is 0 Å². The number of carbonyl (C=O) groups excluding carboxylic acids is 1. The molecule has 0 aliphatic rings. The van der Waals surface area contributed by atoms with Crippen molar-refractivity contribution in [2.45, 2.75) is 6.54 Å². The van der Waals surface area contributed by atoms with Crippen LogP contribution in [0.1, 0.15) is 10.4 Å². The SMILES string of the molecule is COc1ccc(CNc2nc(-c3ccco3)nn2C(=O)COc2ccc(Cl)cc2)cc1. The van der Waals surface area contributed by atoms with Crippen LogP contribution in [0.3, 0.4) is 0 Å². The lowest BCUT2D eigenvalue weighted by molar-refractivity contribution is 0.0824. The van der Waals surface area contributed by atoms with Gasteiger partial charge in [0.1, 0.15) is 11.5 Å². The van der Waals surface area contributed by atoms with Crippen LogP contribution in [0.15, 0.2) is 71.3 Å². The van der Waals surface area contributed by atoms with Gasteiger partial charge in [-0.3, -0.25) is 4.79 Å². The Kier molecular flexibility index (Phi) is 6.18. The number of aromatic nitrogens is 3. The Morgan fingerprint density at radius 1 is 1.10 bits per heavy atom. The van der Waals surface area contributed by atoms with Gasteiger partial charge in [-0.15, -0.1) is 5.10 Å². The summed E-state index contributed by atoms with van der Waals surface area (Å²) in [6.07, 6.45) is 1.52. The number of rotatable bonds is 8. The first-order chi connectivity index (χ1) is 15.1. The lowest BCUT2D eigenvalue weighted by atomic mass is 10.2. The van der Waals surface area contributed by atoms with Gasteiger partial charge in [-0.25, -0.2) is 0 Å². The lowest BCUT2D eigenvalue weighted by Crippen LogP contribution is -2.22. The highest BCUT2D eigenvalue weighted by Crippen LogP contribution is 2.20. The molecule has 0 aliphatic carbocycles. The van der Waals surface area contributed by atoms with E-state index in [0.29, 0.717) is 28.9 Å². The fourth-order valence-corrected chi connectivity index (χ4v) is 2.90. The van der Waals surface area contributed by atoms with Gasteiger partial charge in [0, 0.05) is 11.6 Å². The third-order valence-electron chi connectivity index (χ3n) is 4.37. The molecule has 0 unspecified atom stereocenters. The van der Waals surface area contributed by atoms with Crippen LogP contribution >= 0.6 is 11.6 Å². The van der Waals surface area contributed by atoms with Crippen molar-refractivity contribution < 1.29 is 18.7 Å². The summed E-state index contributed by atoms with van der Waals surface area (Å²) >= 11 is 5.88. The Labute approximate surface area is 183 Å². The van der Waals surface area contributed by atoms with Crippen molar-refractivity contribution in [3.63, 3.8) is 0 Å². The summed E-state index contributed by atoms with van der Waals surface area (Å²) < 4.78 is 17.3. The number of ether oxygens (including phenoxy) is 2. The Balaban J connectivity index is 1.51.